The highest BCUT2D eigenvalue weighted by molar-refractivity contribution is 7.07. The van der Waals surface area contributed by atoms with Crippen LogP contribution in [0.1, 0.15) is 37.8 Å². The van der Waals surface area contributed by atoms with Crippen molar-refractivity contribution >= 4 is 40.7 Å². The summed E-state index contributed by atoms with van der Waals surface area (Å²) in [4.78, 5) is 40.1. The summed E-state index contributed by atoms with van der Waals surface area (Å²) in [6.07, 6.45) is 1.70. The summed E-state index contributed by atoms with van der Waals surface area (Å²) in [5.74, 6) is -1.10. The van der Waals surface area contributed by atoms with E-state index in [9.17, 15) is 14.4 Å². The number of esters is 2. The molecule has 0 bridgehead atoms. The molecule has 3 aromatic rings. The molecule has 39 heavy (non-hydrogen) atoms. The predicted molar refractivity (Wildman–Crippen MR) is 149 cm³/mol. The van der Waals surface area contributed by atoms with Gasteiger partial charge in [-0.25, -0.2) is 9.59 Å². The number of carbonyl (C=O) groups excluding carboxylic acids is 2. The second kappa shape index (κ2) is 12.0. The molecule has 2 N–H and O–H groups in total. The highest BCUT2D eigenvalue weighted by Crippen LogP contribution is 2.38. The Morgan fingerprint density at radius 2 is 1.49 bits per heavy atom. The molecule has 0 amide bonds. The maximum atomic E-state index is 13.6. The first-order valence-electron chi connectivity index (χ1n) is 12.5. The van der Waals surface area contributed by atoms with Crippen molar-refractivity contribution < 1.29 is 28.5 Å². The summed E-state index contributed by atoms with van der Waals surface area (Å²) < 4.78 is 23.3. The molecule has 9 nitrogen and oxygen atoms in total. The lowest BCUT2D eigenvalue weighted by atomic mass is 9.83. The topological polar surface area (TPSA) is 119 Å². The van der Waals surface area contributed by atoms with E-state index < -0.39 is 23.4 Å². The van der Waals surface area contributed by atoms with Crippen LogP contribution in [0.3, 0.4) is 0 Å². The number of rotatable bonds is 9. The van der Waals surface area contributed by atoms with Crippen molar-refractivity contribution in [2.45, 2.75) is 26.7 Å². The monoisotopic (exact) mass is 550 g/mol. The first-order valence-corrected chi connectivity index (χ1v) is 13.3. The fourth-order valence-corrected chi connectivity index (χ4v) is 5.56. The zero-order valence-corrected chi connectivity index (χ0v) is 23.0. The molecule has 0 aliphatic carbocycles. The van der Waals surface area contributed by atoms with Crippen LogP contribution in [0.5, 0.6) is 11.5 Å². The molecule has 0 unspecified atom stereocenters. The second-order valence-electron chi connectivity index (χ2n) is 8.42. The van der Waals surface area contributed by atoms with E-state index in [2.05, 4.69) is 0 Å². The van der Waals surface area contributed by atoms with Gasteiger partial charge in [0.1, 0.15) is 22.0 Å². The summed E-state index contributed by atoms with van der Waals surface area (Å²) in [6.45, 7) is 6.55. The Morgan fingerprint density at radius 3 is 2.03 bits per heavy atom. The number of hydrogen-bond acceptors (Lipinski definition) is 9. The van der Waals surface area contributed by atoms with Crippen LogP contribution in [-0.4, -0.2) is 43.4 Å². The molecule has 0 fully saturated rings. The standard InChI is InChI=1S/C29H30N2O7S/c1-5-36-19-12-8-17(9-13-19)16-21-26(32)31-25(30)23(29(34)38-7-3)22(24(27(31)39-21)28(33)35-4)18-10-14-20(15-11-18)37-6-2/h8-16,22H,5-7,30H2,1-4H3/b21-16-/t22-/m0/s1. The van der Waals surface area contributed by atoms with Crippen LogP contribution < -0.4 is 30.0 Å². The summed E-state index contributed by atoms with van der Waals surface area (Å²) in [5.41, 5.74) is 7.51. The summed E-state index contributed by atoms with van der Waals surface area (Å²) >= 11 is 1.10. The zero-order valence-electron chi connectivity index (χ0n) is 22.2. The molecule has 0 spiro atoms. The summed E-state index contributed by atoms with van der Waals surface area (Å²) in [5, 5.41) is 0. The van der Waals surface area contributed by atoms with Gasteiger partial charge in [0, 0.05) is 0 Å². The lowest BCUT2D eigenvalue weighted by Gasteiger charge is -2.27. The van der Waals surface area contributed by atoms with E-state index in [0.29, 0.717) is 34.8 Å². The van der Waals surface area contributed by atoms with Gasteiger partial charge in [0.25, 0.3) is 5.56 Å². The quantitative estimate of drug-likeness (QED) is 0.404. The number of fused-ring (bicyclic) bond motifs is 1. The fraction of sp³-hybridized carbons (Fsp3) is 0.276. The molecule has 1 aliphatic rings. The van der Waals surface area contributed by atoms with Crippen LogP contribution in [0.4, 0.5) is 0 Å². The second-order valence-corrected chi connectivity index (χ2v) is 9.45. The maximum absolute atomic E-state index is 13.6. The van der Waals surface area contributed by atoms with Crippen LogP contribution in [0.2, 0.25) is 0 Å². The fourth-order valence-electron chi connectivity index (χ4n) is 4.40. The van der Waals surface area contributed by atoms with Gasteiger partial charge in [-0.15, -0.1) is 11.3 Å². The Balaban J connectivity index is 2.01. The van der Waals surface area contributed by atoms with Crippen LogP contribution in [-0.2, 0) is 19.1 Å². The lowest BCUT2D eigenvalue weighted by molar-refractivity contribution is -0.138. The number of thiazole rings is 1. The van der Waals surface area contributed by atoms with Crippen LogP contribution in [0.15, 0.2) is 58.9 Å². The largest absolute Gasteiger partial charge is 0.494 e. The Morgan fingerprint density at radius 1 is 0.897 bits per heavy atom. The molecule has 10 heteroatoms. The van der Waals surface area contributed by atoms with Gasteiger partial charge in [-0.05, 0) is 62.2 Å². The minimum atomic E-state index is -0.927. The van der Waals surface area contributed by atoms with Crippen molar-refractivity contribution in [3.05, 3.63) is 84.8 Å². The molecule has 1 atom stereocenters. The minimum absolute atomic E-state index is 0.0126. The third-order valence-electron chi connectivity index (χ3n) is 6.06. The number of ether oxygens (including phenoxy) is 4. The van der Waals surface area contributed by atoms with Crippen LogP contribution in [0, 0.1) is 0 Å². The molecular weight excluding hydrogens is 520 g/mol. The average molecular weight is 551 g/mol. The molecule has 1 aliphatic heterocycles. The first kappa shape index (κ1) is 27.7. The molecule has 2 heterocycles. The average Bonchev–Trinajstić information content (AvgIpc) is 3.25. The molecule has 0 radical (unpaired) electrons. The van der Waals surface area contributed by atoms with Gasteiger partial charge < -0.3 is 24.7 Å². The van der Waals surface area contributed by atoms with Gasteiger partial charge in [-0.1, -0.05) is 24.3 Å². The number of carbonyl (C=O) groups is 2. The van der Waals surface area contributed by atoms with Crippen molar-refractivity contribution in [3.63, 3.8) is 0 Å². The molecular formula is C29H30N2O7S. The Kier molecular flexibility index (Phi) is 8.55. The van der Waals surface area contributed by atoms with Crippen molar-refractivity contribution in [3.8, 4) is 11.5 Å². The summed E-state index contributed by atoms with van der Waals surface area (Å²) in [7, 11) is 1.25. The number of benzene rings is 2. The van der Waals surface area contributed by atoms with Crippen molar-refractivity contribution in [2.75, 3.05) is 26.9 Å². The van der Waals surface area contributed by atoms with Crippen molar-refractivity contribution in [1.82, 2.24) is 4.57 Å². The SMILES string of the molecule is CCOC(=O)C1=C(N)n2c(s/c(=C\c3ccc(OCC)cc3)c2=O)=C(C(=O)OC)[C@H]1c1ccc(OCC)cc1. The van der Waals surface area contributed by atoms with E-state index in [-0.39, 0.29) is 28.2 Å². The number of nitrogens with zero attached hydrogens (tertiary/aromatic N) is 1. The zero-order chi connectivity index (χ0) is 28.1. The Bertz CT molecular complexity index is 1580. The summed E-state index contributed by atoms with van der Waals surface area (Å²) in [6, 6.07) is 14.2. The van der Waals surface area contributed by atoms with Gasteiger partial charge >= 0.3 is 11.9 Å². The van der Waals surface area contributed by atoms with Crippen LogP contribution >= 0.6 is 11.3 Å². The van der Waals surface area contributed by atoms with Crippen molar-refractivity contribution in [1.29, 1.82) is 0 Å². The van der Waals surface area contributed by atoms with E-state index in [1.165, 1.54) is 11.7 Å². The van der Waals surface area contributed by atoms with E-state index >= 15 is 0 Å². The normalized spacial score (nSPS) is 15.1. The smallest absolute Gasteiger partial charge is 0.338 e. The van der Waals surface area contributed by atoms with E-state index in [1.807, 2.05) is 38.1 Å². The first-order chi connectivity index (χ1) is 18.8. The number of nitrogens with two attached hydrogens (primary N) is 1. The molecule has 204 valence electrons. The minimum Gasteiger partial charge on any atom is -0.494 e. The highest BCUT2D eigenvalue weighted by Gasteiger charge is 2.39. The predicted octanol–water partition coefficient (Wildman–Crippen LogP) is 2.35. The van der Waals surface area contributed by atoms with Gasteiger partial charge in [0.2, 0.25) is 0 Å². The lowest BCUT2D eigenvalue weighted by Crippen LogP contribution is -2.41. The number of aromatic nitrogens is 1. The van der Waals surface area contributed by atoms with Gasteiger partial charge in [0.15, 0.2) is 0 Å². The Labute approximate surface area is 229 Å². The van der Waals surface area contributed by atoms with E-state index in [4.69, 9.17) is 24.7 Å². The maximum Gasteiger partial charge on any atom is 0.338 e. The van der Waals surface area contributed by atoms with Gasteiger partial charge in [0.05, 0.1) is 48.5 Å². The molecule has 1 aromatic heterocycles. The number of hydrogen-bond donors (Lipinski definition) is 1. The molecule has 2 aromatic carbocycles. The highest BCUT2D eigenvalue weighted by atomic mass is 32.1. The van der Waals surface area contributed by atoms with Crippen LogP contribution in [0.25, 0.3) is 17.5 Å². The van der Waals surface area contributed by atoms with E-state index in [0.717, 1.165) is 16.9 Å². The third kappa shape index (κ3) is 5.46. The molecule has 4 rings (SSSR count). The van der Waals surface area contributed by atoms with Crippen molar-refractivity contribution in [2.24, 2.45) is 5.73 Å². The van der Waals surface area contributed by atoms with Gasteiger partial charge in [-0.3, -0.25) is 9.36 Å². The number of methoxy groups -OCH3 is 1. The Hall–Kier alpha value is -4.31. The third-order valence-corrected chi connectivity index (χ3v) is 7.17. The molecule has 0 saturated carbocycles. The van der Waals surface area contributed by atoms with E-state index in [1.54, 1.807) is 37.3 Å². The van der Waals surface area contributed by atoms with Gasteiger partial charge in [-0.2, -0.15) is 0 Å². The molecule has 0 saturated heterocycles.